The van der Waals surface area contributed by atoms with Gasteiger partial charge in [0, 0.05) is 39.8 Å². The van der Waals surface area contributed by atoms with Gasteiger partial charge in [-0.1, -0.05) is 18.2 Å². The number of carbonyl (C=O) groups excluding carboxylic acids is 1. The largest absolute Gasteiger partial charge is 0.491 e. The van der Waals surface area contributed by atoms with E-state index < -0.39 is 0 Å². The van der Waals surface area contributed by atoms with Gasteiger partial charge in [-0.15, -0.1) is 0 Å². The first-order valence-electron chi connectivity index (χ1n) is 9.61. The molecule has 0 saturated heterocycles. The SMILES string of the molecule is CCOc1ccc(CNC(=NC)NCCc2cccc(C(=O)N(C)C)c2)cc1F. The number of guanidine groups is 1. The molecule has 1 amide bonds. The van der Waals surface area contributed by atoms with E-state index in [1.165, 1.54) is 6.07 Å². The molecule has 2 N–H and O–H groups in total. The van der Waals surface area contributed by atoms with Gasteiger partial charge in [-0.2, -0.15) is 0 Å². The van der Waals surface area contributed by atoms with Crippen molar-refractivity contribution < 1.29 is 13.9 Å². The molecule has 0 radical (unpaired) electrons. The molecule has 156 valence electrons. The molecule has 6 nitrogen and oxygen atoms in total. The Balaban J connectivity index is 1.85. The number of halogens is 1. The van der Waals surface area contributed by atoms with Gasteiger partial charge in [0.25, 0.3) is 5.91 Å². The summed E-state index contributed by atoms with van der Waals surface area (Å²) in [6.45, 7) is 3.34. The highest BCUT2D eigenvalue weighted by molar-refractivity contribution is 5.94. The molecule has 2 aromatic carbocycles. The van der Waals surface area contributed by atoms with E-state index in [1.807, 2.05) is 37.3 Å². The number of aliphatic imine (C=N–C) groups is 1. The number of nitrogens with zero attached hydrogens (tertiary/aromatic N) is 2. The van der Waals surface area contributed by atoms with Crippen molar-refractivity contribution in [1.29, 1.82) is 0 Å². The van der Waals surface area contributed by atoms with Gasteiger partial charge in [-0.3, -0.25) is 9.79 Å². The molecule has 0 aliphatic carbocycles. The summed E-state index contributed by atoms with van der Waals surface area (Å²) in [7, 11) is 5.16. The number of carbonyl (C=O) groups is 1. The fraction of sp³-hybridized carbons (Fsp3) is 0.364. The maximum Gasteiger partial charge on any atom is 0.253 e. The average molecular weight is 400 g/mol. The number of rotatable bonds is 8. The van der Waals surface area contributed by atoms with Crippen LogP contribution in [-0.4, -0.2) is 51.1 Å². The van der Waals surface area contributed by atoms with Crippen LogP contribution in [0.2, 0.25) is 0 Å². The third-order valence-corrected chi connectivity index (χ3v) is 4.27. The molecule has 0 bridgehead atoms. The van der Waals surface area contributed by atoms with Gasteiger partial charge in [0.1, 0.15) is 0 Å². The van der Waals surface area contributed by atoms with Gasteiger partial charge in [0.05, 0.1) is 6.61 Å². The Morgan fingerprint density at radius 3 is 2.59 bits per heavy atom. The highest BCUT2D eigenvalue weighted by Crippen LogP contribution is 2.18. The Bertz CT molecular complexity index is 852. The Hall–Kier alpha value is -3.09. The molecular weight excluding hydrogens is 371 g/mol. The van der Waals surface area contributed by atoms with Crippen molar-refractivity contribution in [2.75, 3.05) is 34.3 Å². The Kier molecular flexibility index (Phi) is 8.45. The lowest BCUT2D eigenvalue weighted by atomic mass is 10.1. The van der Waals surface area contributed by atoms with Crippen LogP contribution in [0.25, 0.3) is 0 Å². The van der Waals surface area contributed by atoms with Gasteiger partial charge in [-0.05, 0) is 48.7 Å². The van der Waals surface area contributed by atoms with E-state index in [4.69, 9.17) is 4.74 Å². The summed E-state index contributed by atoms with van der Waals surface area (Å²) in [4.78, 5) is 17.8. The zero-order valence-corrected chi connectivity index (χ0v) is 17.5. The summed E-state index contributed by atoms with van der Waals surface area (Å²) >= 11 is 0. The maximum absolute atomic E-state index is 13.9. The first-order chi connectivity index (χ1) is 13.9. The molecule has 0 unspecified atom stereocenters. The monoisotopic (exact) mass is 400 g/mol. The average Bonchev–Trinajstić information content (AvgIpc) is 2.72. The zero-order valence-electron chi connectivity index (χ0n) is 17.5. The van der Waals surface area contributed by atoms with E-state index in [1.54, 1.807) is 32.1 Å². The van der Waals surface area contributed by atoms with E-state index >= 15 is 0 Å². The van der Waals surface area contributed by atoms with Gasteiger partial charge in [0.2, 0.25) is 0 Å². The summed E-state index contributed by atoms with van der Waals surface area (Å²) in [5, 5.41) is 6.40. The number of ether oxygens (including phenoxy) is 1. The van der Waals surface area contributed by atoms with Gasteiger partial charge in [0.15, 0.2) is 17.5 Å². The van der Waals surface area contributed by atoms with E-state index in [9.17, 15) is 9.18 Å². The molecule has 0 fully saturated rings. The lowest BCUT2D eigenvalue weighted by molar-refractivity contribution is 0.0827. The maximum atomic E-state index is 13.9. The minimum Gasteiger partial charge on any atom is -0.491 e. The number of benzene rings is 2. The number of amides is 1. The normalized spacial score (nSPS) is 11.1. The van der Waals surface area contributed by atoms with Gasteiger partial charge in [-0.25, -0.2) is 4.39 Å². The minimum absolute atomic E-state index is 0.0140. The van der Waals surface area contributed by atoms with Crippen LogP contribution >= 0.6 is 0 Å². The van der Waals surface area contributed by atoms with E-state index in [0.717, 1.165) is 17.5 Å². The van der Waals surface area contributed by atoms with Crippen LogP contribution in [0.1, 0.15) is 28.4 Å². The van der Waals surface area contributed by atoms with Crippen LogP contribution in [0.4, 0.5) is 4.39 Å². The predicted octanol–water partition coefficient (Wildman–Crippen LogP) is 2.83. The van der Waals surface area contributed by atoms with Crippen LogP contribution in [-0.2, 0) is 13.0 Å². The van der Waals surface area contributed by atoms with Crippen molar-refractivity contribution in [3.05, 3.63) is 65.0 Å². The van der Waals surface area contributed by atoms with E-state index in [0.29, 0.717) is 31.2 Å². The lowest BCUT2D eigenvalue weighted by Crippen LogP contribution is -2.37. The molecule has 0 aliphatic heterocycles. The summed E-state index contributed by atoms with van der Waals surface area (Å²) in [5.74, 6) is 0.495. The van der Waals surface area contributed by atoms with Crippen molar-refractivity contribution in [2.45, 2.75) is 19.9 Å². The van der Waals surface area contributed by atoms with Crippen molar-refractivity contribution in [3.63, 3.8) is 0 Å². The second kappa shape index (κ2) is 11.0. The molecule has 2 rings (SSSR count). The zero-order chi connectivity index (χ0) is 21.2. The van der Waals surface area contributed by atoms with Gasteiger partial charge >= 0.3 is 0 Å². The number of hydrogen-bond acceptors (Lipinski definition) is 3. The Morgan fingerprint density at radius 1 is 1.14 bits per heavy atom. The molecular formula is C22H29FN4O2. The topological polar surface area (TPSA) is 66.0 Å². The second-order valence-electron chi connectivity index (χ2n) is 6.70. The smallest absolute Gasteiger partial charge is 0.253 e. The first kappa shape index (κ1) is 22.2. The summed E-state index contributed by atoms with van der Waals surface area (Å²) in [6, 6.07) is 12.5. The summed E-state index contributed by atoms with van der Waals surface area (Å²) < 4.78 is 19.2. The fourth-order valence-electron chi connectivity index (χ4n) is 2.78. The van der Waals surface area contributed by atoms with Crippen molar-refractivity contribution in [2.24, 2.45) is 4.99 Å². The number of hydrogen-bond donors (Lipinski definition) is 2. The molecule has 0 atom stereocenters. The van der Waals surface area contributed by atoms with Crippen LogP contribution in [0.5, 0.6) is 5.75 Å². The molecule has 2 aromatic rings. The molecule has 0 aliphatic rings. The molecule has 0 heterocycles. The minimum atomic E-state index is -0.374. The molecule has 29 heavy (non-hydrogen) atoms. The third-order valence-electron chi connectivity index (χ3n) is 4.27. The van der Waals surface area contributed by atoms with Crippen molar-refractivity contribution >= 4 is 11.9 Å². The number of nitrogens with one attached hydrogen (secondary N) is 2. The predicted molar refractivity (Wildman–Crippen MR) is 114 cm³/mol. The molecule has 0 saturated carbocycles. The van der Waals surface area contributed by atoms with Gasteiger partial charge < -0.3 is 20.3 Å². The fourth-order valence-corrected chi connectivity index (χ4v) is 2.78. The summed E-state index contributed by atoms with van der Waals surface area (Å²) in [6.07, 6.45) is 0.743. The third kappa shape index (κ3) is 6.78. The highest BCUT2D eigenvalue weighted by atomic mass is 19.1. The molecule has 0 spiro atoms. The van der Waals surface area contributed by atoms with E-state index in [-0.39, 0.29) is 17.5 Å². The Morgan fingerprint density at radius 2 is 1.93 bits per heavy atom. The van der Waals surface area contributed by atoms with Crippen LogP contribution < -0.4 is 15.4 Å². The van der Waals surface area contributed by atoms with Crippen LogP contribution in [0.15, 0.2) is 47.5 Å². The highest BCUT2D eigenvalue weighted by Gasteiger charge is 2.08. The molecule has 7 heteroatoms. The lowest BCUT2D eigenvalue weighted by Gasteiger charge is -2.14. The van der Waals surface area contributed by atoms with Crippen LogP contribution in [0, 0.1) is 5.82 Å². The second-order valence-corrected chi connectivity index (χ2v) is 6.70. The van der Waals surface area contributed by atoms with Crippen LogP contribution in [0.3, 0.4) is 0 Å². The summed E-state index contributed by atoms with van der Waals surface area (Å²) in [5.41, 5.74) is 2.53. The van der Waals surface area contributed by atoms with E-state index in [2.05, 4.69) is 15.6 Å². The first-order valence-corrected chi connectivity index (χ1v) is 9.61. The quantitative estimate of drug-likeness (QED) is 0.528. The van der Waals surface area contributed by atoms with Crippen molar-refractivity contribution in [1.82, 2.24) is 15.5 Å². The Labute approximate surface area is 171 Å². The molecule has 0 aromatic heterocycles. The standard InChI is InChI=1S/C22H29FN4O2/c1-5-29-20-10-9-17(14-19(20)23)15-26-22(24-2)25-12-11-16-7-6-8-18(13-16)21(28)27(3)4/h6-10,13-14H,5,11-12,15H2,1-4H3,(H2,24,25,26). The van der Waals surface area contributed by atoms with Crippen molar-refractivity contribution in [3.8, 4) is 5.75 Å².